The van der Waals surface area contributed by atoms with Gasteiger partial charge in [0, 0.05) is 13.2 Å². The van der Waals surface area contributed by atoms with E-state index in [1.165, 1.54) is 128 Å². The first kappa shape index (κ1) is 28.1. The van der Waals surface area contributed by atoms with Crippen LogP contribution >= 0.6 is 0 Å². The summed E-state index contributed by atoms with van der Waals surface area (Å²) in [7, 11) is 0. The molecule has 0 bridgehead atoms. The average Bonchev–Trinajstić information content (AvgIpc) is 2.63. The summed E-state index contributed by atoms with van der Waals surface area (Å²) in [4.78, 5) is 0. The summed E-state index contributed by atoms with van der Waals surface area (Å²) < 4.78 is 5.70. The molecule has 26 heavy (non-hydrogen) atoms. The van der Waals surface area contributed by atoms with Gasteiger partial charge in [-0.25, -0.2) is 0 Å². The van der Waals surface area contributed by atoms with E-state index >= 15 is 0 Å². The zero-order valence-electron chi connectivity index (χ0n) is 18.5. The molecule has 0 saturated heterocycles. The SMILES string of the molecule is CCCCCCCCCCCCCCCCCCOCCCCCC.O. The summed E-state index contributed by atoms with van der Waals surface area (Å²) in [6.07, 6.45) is 28.3. The summed E-state index contributed by atoms with van der Waals surface area (Å²) in [6.45, 7) is 6.53. The van der Waals surface area contributed by atoms with E-state index in [1.54, 1.807) is 0 Å². The lowest BCUT2D eigenvalue weighted by Crippen LogP contribution is -1.97. The number of unbranched alkanes of at least 4 members (excludes halogenated alkanes) is 18. The van der Waals surface area contributed by atoms with E-state index in [9.17, 15) is 0 Å². The average molecular weight is 373 g/mol. The van der Waals surface area contributed by atoms with Crippen molar-refractivity contribution in [2.45, 2.75) is 142 Å². The Bertz CT molecular complexity index is 196. The molecule has 0 aliphatic rings. The molecule has 0 radical (unpaired) electrons. The molecule has 0 saturated carbocycles. The van der Waals surface area contributed by atoms with Gasteiger partial charge in [-0.1, -0.05) is 129 Å². The van der Waals surface area contributed by atoms with Crippen molar-refractivity contribution in [1.82, 2.24) is 0 Å². The van der Waals surface area contributed by atoms with Crippen molar-refractivity contribution >= 4 is 0 Å². The van der Waals surface area contributed by atoms with Crippen molar-refractivity contribution in [2.24, 2.45) is 0 Å². The second-order valence-corrected chi connectivity index (χ2v) is 7.98. The van der Waals surface area contributed by atoms with Crippen LogP contribution in [0, 0.1) is 0 Å². The Kier molecular flexibility index (Phi) is 29.4. The highest BCUT2D eigenvalue weighted by Gasteiger charge is 1.95. The highest BCUT2D eigenvalue weighted by atomic mass is 16.5. The van der Waals surface area contributed by atoms with Crippen LogP contribution in [0.1, 0.15) is 142 Å². The largest absolute Gasteiger partial charge is 0.412 e. The monoisotopic (exact) mass is 372 g/mol. The van der Waals surface area contributed by atoms with Crippen molar-refractivity contribution < 1.29 is 10.2 Å². The third-order valence-corrected chi connectivity index (χ3v) is 5.28. The van der Waals surface area contributed by atoms with Crippen molar-refractivity contribution in [2.75, 3.05) is 13.2 Å². The first-order valence-corrected chi connectivity index (χ1v) is 12.0. The fourth-order valence-corrected chi connectivity index (χ4v) is 3.49. The molecule has 0 heterocycles. The van der Waals surface area contributed by atoms with E-state index in [0.717, 1.165) is 13.2 Å². The molecular weight excluding hydrogens is 320 g/mol. The van der Waals surface area contributed by atoms with Crippen LogP contribution in [-0.2, 0) is 4.74 Å². The van der Waals surface area contributed by atoms with Crippen LogP contribution in [0.4, 0.5) is 0 Å². The lowest BCUT2D eigenvalue weighted by atomic mass is 10.0. The minimum absolute atomic E-state index is 0. The Labute approximate surface area is 166 Å². The van der Waals surface area contributed by atoms with Gasteiger partial charge in [0.2, 0.25) is 0 Å². The van der Waals surface area contributed by atoms with Gasteiger partial charge in [-0.2, -0.15) is 0 Å². The van der Waals surface area contributed by atoms with Crippen molar-refractivity contribution in [1.29, 1.82) is 0 Å². The van der Waals surface area contributed by atoms with E-state index in [-0.39, 0.29) is 5.48 Å². The zero-order valence-corrected chi connectivity index (χ0v) is 18.5. The summed E-state index contributed by atoms with van der Waals surface area (Å²) in [5.74, 6) is 0. The van der Waals surface area contributed by atoms with Crippen molar-refractivity contribution in [3.05, 3.63) is 0 Å². The van der Waals surface area contributed by atoms with E-state index in [2.05, 4.69) is 13.8 Å². The van der Waals surface area contributed by atoms with Crippen molar-refractivity contribution in [3.63, 3.8) is 0 Å². The number of ether oxygens (including phenoxy) is 1. The Balaban J connectivity index is 0. The summed E-state index contributed by atoms with van der Waals surface area (Å²) in [5.41, 5.74) is 0. The molecule has 2 N–H and O–H groups in total. The van der Waals surface area contributed by atoms with Gasteiger partial charge in [0.25, 0.3) is 0 Å². The Morgan fingerprint density at radius 2 is 0.577 bits per heavy atom. The molecule has 0 aromatic carbocycles. The quantitative estimate of drug-likeness (QED) is 0.177. The van der Waals surface area contributed by atoms with Gasteiger partial charge in [0.15, 0.2) is 0 Å². The molecule has 2 heteroatoms. The second-order valence-electron chi connectivity index (χ2n) is 7.98. The molecule has 0 amide bonds. The van der Waals surface area contributed by atoms with E-state index in [4.69, 9.17) is 4.74 Å². The van der Waals surface area contributed by atoms with Gasteiger partial charge in [-0.15, -0.1) is 0 Å². The molecule has 0 spiro atoms. The normalized spacial score (nSPS) is 10.8. The number of rotatable bonds is 22. The maximum atomic E-state index is 5.70. The van der Waals surface area contributed by atoms with E-state index < -0.39 is 0 Å². The van der Waals surface area contributed by atoms with Crippen LogP contribution in [-0.4, -0.2) is 18.7 Å². The van der Waals surface area contributed by atoms with Gasteiger partial charge in [-0.3, -0.25) is 0 Å². The maximum Gasteiger partial charge on any atom is 0.0466 e. The lowest BCUT2D eigenvalue weighted by molar-refractivity contribution is 0.125. The van der Waals surface area contributed by atoms with Crippen molar-refractivity contribution in [3.8, 4) is 0 Å². The molecule has 160 valence electrons. The molecule has 0 aromatic rings. The standard InChI is InChI=1S/C24H50O.H2O/c1-3-5-7-9-10-11-12-13-14-15-16-17-18-19-20-22-24-25-23-21-8-6-4-2;/h3-24H2,1-2H3;1H2. The van der Waals surface area contributed by atoms with E-state index in [0.29, 0.717) is 0 Å². The third-order valence-electron chi connectivity index (χ3n) is 5.28. The number of hydrogen-bond acceptors (Lipinski definition) is 1. The van der Waals surface area contributed by atoms with Gasteiger partial charge in [-0.05, 0) is 12.8 Å². The molecular formula is C24H52O2. The fraction of sp³-hybridized carbons (Fsp3) is 1.00. The van der Waals surface area contributed by atoms with Crippen LogP contribution in [0.15, 0.2) is 0 Å². The summed E-state index contributed by atoms with van der Waals surface area (Å²) in [5, 5.41) is 0. The van der Waals surface area contributed by atoms with Gasteiger partial charge in [0.1, 0.15) is 0 Å². The summed E-state index contributed by atoms with van der Waals surface area (Å²) in [6, 6.07) is 0. The Morgan fingerprint density at radius 3 is 0.885 bits per heavy atom. The van der Waals surface area contributed by atoms with Gasteiger partial charge in [0.05, 0.1) is 0 Å². The smallest absolute Gasteiger partial charge is 0.0466 e. The molecule has 0 fully saturated rings. The van der Waals surface area contributed by atoms with Crippen LogP contribution in [0.3, 0.4) is 0 Å². The fourth-order valence-electron chi connectivity index (χ4n) is 3.49. The first-order chi connectivity index (χ1) is 12.4. The minimum Gasteiger partial charge on any atom is -0.412 e. The molecule has 0 rings (SSSR count). The lowest BCUT2D eigenvalue weighted by Gasteiger charge is -2.05. The highest BCUT2D eigenvalue weighted by Crippen LogP contribution is 2.13. The van der Waals surface area contributed by atoms with Gasteiger partial charge < -0.3 is 10.2 Å². The third kappa shape index (κ3) is 26.2. The molecule has 2 nitrogen and oxygen atoms in total. The molecule has 0 aliphatic carbocycles. The van der Waals surface area contributed by atoms with Crippen LogP contribution in [0.2, 0.25) is 0 Å². The van der Waals surface area contributed by atoms with Crippen LogP contribution in [0.5, 0.6) is 0 Å². The number of hydrogen-bond donors (Lipinski definition) is 0. The maximum absolute atomic E-state index is 5.70. The highest BCUT2D eigenvalue weighted by molar-refractivity contribution is 4.50. The Hall–Kier alpha value is -0.0800. The first-order valence-electron chi connectivity index (χ1n) is 12.0. The minimum atomic E-state index is 0. The predicted octanol–water partition coefficient (Wildman–Crippen LogP) is 8.02. The zero-order chi connectivity index (χ0) is 18.3. The van der Waals surface area contributed by atoms with E-state index in [1.807, 2.05) is 0 Å². The predicted molar refractivity (Wildman–Crippen MR) is 118 cm³/mol. The van der Waals surface area contributed by atoms with Gasteiger partial charge >= 0.3 is 0 Å². The molecule has 0 unspecified atom stereocenters. The van der Waals surface area contributed by atoms with Crippen LogP contribution in [0.25, 0.3) is 0 Å². The second kappa shape index (κ2) is 27.1. The van der Waals surface area contributed by atoms with Crippen LogP contribution < -0.4 is 0 Å². The molecule has 0 aromatic heterocycles. The molecule has 0 atom stereocenters. The summed E-state index contributed by atoms with van der Waals surface area (Å²) >= 11 is 0. The molecule has 0 aliphatic heterocycles. The Morgan fingerprint density at radius 1 is 0.346 bits per heavy atom. The topological polar surface area (TPSA) is 40.7 Å².